The van der Waals surface area contributed by atoms with E-state index in [1.807, 2.05) is 44.2 Å². The third-order valence-electron chi connectivity index (χ3n) is 3.40. The van der Waals surface area contributed by atoms with E-state index in [0.717, 1.165) is 22.3 Å². The zero-order chi connectivity index (χ0) is 15.5. The summed E-state index contributed by atoms with van der Waals surface area (Å²) in [5.74, 6) is 0.768. The van der Waals surface area contributed by atoms with E-state index in [0.29, 0.717) is 5.75 Å². The number of ether oxygens (including phenoxy) is 1. The second-order valence-corrected chi connectivity index (χ2v) is 7.38. The molecular formula is C17H20O3S. The highest BCUT2D eigenvalue weighted by atomic mass is 32.2. The van der Waals surface area contributed by atoms with E-state index in [1.165, 1.54) is 0 Å². The molecule has 112 valence electrons. The fourth-order valence-corrected chi connectivity index (χ4v) is 3.83. The van der Waals surface area contributed by atoms with Crippen molar-refractivity contribution in [3.8, 4) is 5.75 Å². The Morgan fingerprint density at radius 2 is 1.76 bits per heavy atom. The molecule has 0 radical (unpaired) electrons. The zero-order valence-corrected chi connectivity index (χ0v) is 13.4. The molecule has 0 aromatic heterocycles. The Morgan fingerprint density at radius 3 is 2.48 bits per heavy atom. The predicted molar refractivity (Wildman–Crippen MR) is 85.2 cm³/mol. The standard InChI is InChI=1S/C17H20O3S/c1-13-7-8-14(2)16(9-13)12-21(18,19)11-15-5-4-6-17(10-15)20-3/h4-10H,11-12H2,1-3H3. The molecule has 0 heterocycles. The molecule has 0 unspecified atom stereocenters. The maximum absolute atomic E-state index is 12.4. The van der Waals surface area contributed by atoms with Gasteiger partial charge in [0.1, 0.15) is 5.75 Å². The first-order valence-corrected chi connectivity index (χ1v) is 8.61. The SMILES string of the molecule is COc1cccc(CS(=O)(=O)Cc2cc(C)ccc2C)c1. The van der Waals surface area contributed by atoms with Crippen LogP contribution in [-0.2, 0) is 21.3 Å². The van der Waals surface area contributed by atoms with Crippen molar-refractivity contribution in [1.29, 1.82) is 0 Å². The predicted octanol–water partition coefficient (Wildman–Crippen LogP) is 3.43. The maximum atomic E-state index is 12.4. The van der Waals surface area contributed by atoms with E-state index in [4.69, 9.17) is 4.74 Å². The normalized spacial score (nSPS) is 11.4. The van der Waals surface area contributed by atoms with Crippen molar-refractivity contribution in [3.63, 3.8) is 0 Å². The van der Waals surface area contributed by atoms with Gasteiger partial charge in [0.05, 0.1) is 18.6 Å². The maximum Gasteiger partial charge on any atom is 0.158 e. The van der Waals surface area contributed by atoms with Gasteiger partial charge in [0, 0.05) is 0 Å². The monoisotopic (exact) mass is 304 g/mol. The van der Waals surface area contributed by atoms with E-state index in [-0.39, 0.29) is 11.5 Å². The van der Waals surface area contributed by atoms with Gasteiger partial charge in [0.15, 0.2) is 9.84 Å². The molecule has 0 amide bonds. The van der Waals surface area contributed by atoms with Gasteiger partial charge in [-0.3, -0.25) is 0 Å². The summed E-state index contributed by atoms with van der Waals surface area (Å²) in [5.41, 5.74) is 3.71. The first-order chi connectivity index (χ1) is 9.89. The van der Waals surface area contributed by atoms with Crippen LogP contribution >= 0.6 is 0 Å². The van der Waals surface area contributed by atoms with E-state index in [2.05, 4.69) is 0 Å². The van der Waals surface area contributed by atoms with Gasteiger partial charge in [-0.2, -0.15) is 0 Å². The van der Waals surface area contributed by atoms with E-state index >= 15 is 0 Å². The molecule has 0 bridgehead atoms. The van der Waals surface area contributed by atoms with Crippen LogP contribution in [-0.4, -0.2) is 15.5 Å². The Balaban J connectivity index is 2.20. The zero-order valence-electron chi connectivity index (χ0n) is 12.6. The van der Waals surface area contributed by atoms with Gasteiger partial charge in [-0.15, -0.1) is 0 Å². The molecule has 0 saturated carbocycles. The molecule has 0 aliphatic rings. The lowest BCUT2D eigenvalue weighted by Crippen LogP contribution is -2.09. The van der Waals surface area contributed by atoms with Crippen LogP contribution in [0, 0.1) is 13.8 Å². The minimum absolute atomic E-state index is 0.0254. The summed E-state index contributed by atoms with van der Waals surface area (Å²) in [7, 11) is -1.63. The number of methoxy groups -OCH3 is 1. The lowest BCUT2D eigenvalue weighted by molar-refractivity contribution is 0.414. The Hall–Kier alpha value is -1.81. The molecule has 2 aromatic rings. The Labute approximate surface area is 126 Å². The van der Waals surface area contributed by atoms with Crippen LogP contribution in [0.15, 0.2) is 42.5 Å². The average Bonchev–Trinajstić information content (AvgIpc) is 2.42. The van der Waals surface area contributed by atoms with Crippen molar-refractivity contribution >= 4 is 9.84 Å². The van der Waals surface area contributed by atoms with Crippen molar-refractivity contribution in [1.82, 2.24) is 0 Å². The van der Waals surface area contributed by atoms with Crippen molar-refractivity contribution < 1.29 is 13.2 Å². The van der Waals surface area contributed by atoms with Gasteiger partial charge in [-0.05, 0) is 42.7 Å². The van der Waals surface area contributed by atoms with Gasteiger partial charge in [0.2, 0.25) is 0 Å². The highest BCUT2D eigenvalue weighted by Gasteiger charge is 2.15. The van der Waals surface area contributed by atoms with Crippen LogP contribution in [0.25, 0.3) is 0 Å². The molecule has 0 spiro atoms. The fraction of sp³-hybridized carbons (Fsp3) is 0.294. The summed E-state index contributed by atoms with van der Waals surface area (Å²) in [6.07, 6.45) is 0. The van der Waals surface area contributed by atoms with E-state index in [1.54, 1.807) is 19.2 Å². The third kappa shape index (κ3) is 4.33. The molecule has 0 aliphatic carbocycles. The van der Waals surface area contributed by atoms with Crippen LogP contribution in [0.3, 0.4) is 0 Å². The van der Waals surface area contributed by atoms with Gasteiger partial charge in [0.25, 0.3) is 0 Å². The minimum atomic E-state index is -3.21. The quantitative estimate of drug-likeness (QED) is 0.850. The summed E-state index contributed by atoms with van der Waals surface area (Å²) in [6.45, 7) is 3.91. The van der Waals surface area contributed by atoms with Gasteiger partial charge < -0.3 is 4.74 Å². The molecule has 0 N–H and O–H groups in total. The first-order valence-electron chi connectivity index (χ1n) is 6.79. The number of rotatable bonds is 5. The summed E-state index contributed by atoms with van der Waals surface area (Å²) in [5, 5.41) is 0. The Morgan fingerprint density at radius 1 is 1.00 bits per heavy atom. The summed E-state index contributed by atoms with van der Waals surface area (Å²) in [4.78, 5) is 0. The van der Waals surface area contributed by atoms with Crippen LogP contribution in [0.1, 0.15) is 22.3 Å². The largest absolute Gasteiger partial charge is 0.497 e. The fourth-order valence-electron chi connectivity index (χ4n) is 2.26. The molecule has 2 aromatic carbocycles. The Kier molecular flexibility index (Phi) is 4.68. The van der Waals surface area contributed by atoms with Crippen molar-refractivity contribution in [2.75, 3.05) is 7.11 Å². The number of hydrogen-bond acceptors (Lipinski definition) is 3. The molecule has 2 rings (SSSR count). The summed E-state index contributed by atoms with van der Waals surface area (Å²) < 4.78 is 29.9. The summed E-state index contributed by atoms with van der Waals surface area (Å²) in [6, 6.07) is 13.1. The van der Waals surface area contributed by atoms with Gasteiger partial charge >= 0.3 is 0 Å². The molecule has 0 saturated heterocycles. The number of hydrogen-bond donors (Lipinski definition) is 0. The Bertz CT molecular complexity index is 733. The second-order valence-electron chi connectivity index (χ2n) is 5.31. The number of aryl methyl sites for hydroxylation is 2. The summed E-state index contributed by atoms with van der Waals surface area (Å²) >= 11 is 0. The van der Waals surface area contributed by atoms with Crippen LogP contribution in [0.5, 0.6) is 5.75 Å². The van der Waals surface area contributed by atoms with Crippen molar-refractivity contribution in [2.45, 2.75) is 25.4 Å². The first kappa shape index (κ1) is 15.6. The van der Waals surface area contributed by atoms with Gasteiger partial charge in [-0.25, -0.2) is 8.42 Å². The molecular weight excluding hydrogens is 284 g/mol. The molecule has 0 aliphatic heterocycles. The number of sulfone groups is 1. The highest BCUT2D eigenvalue weighted by molar-refractivity contribution is 7.89. The molecule has 21 heavy (non-hydrogen) atoms. The average molecular weight is 304 g/mol. The topological polar surface area (TPSA) is 43.4 Å². The van der Waals surface area contributed by atoms with Crippen LogP contribution in [0.2, 0.25) is 0 Å². The van der Waals surface area contributed by atoms with Crippen molar-refractivity contribution in [2.24, 2.45) is 0 Å². The second kappa shape index (κ2) is 6.31. The van der Waals surface area contributed by atoms with E-state index in [9.17, 15) is 8.42 Å². The van der Waals surface area contributed by atoms with Gasteiger partial charge in [-0.1, -0.05) is 35.9 Å². The molecule has 4 heteroatoms. The van der Waals surface area contributed by atoms with Crippen molar-refractivity contribution in [3.05, 3.63) is 64.7 Å². The lowest BCUT2D eigenvalue weighted by Gasteiger charge is -2.09. The minimum Gasteiger partial charge on any atom is -0.497 e. The third-order valence-corrected chi connectivity index (χ3v) is 4.92. The smallest absolute Gasteiger partial charge is 0.158 e. The van der Waals surface area contributed by atoms with E-state index < -0.39 is 9.84 Å². The highest BCUT2D eigenvalue weighted by Crippen LogP contribution is 2.19. The number of benzene rings is 2. The lowest BCUT2D eigenvalue weighted by atomic mass is 10.1. The molecule has 0 fully saturated rings. The van der Waals surface area contributed by atoms with Crippen LogP contribution in [0.4, 0.5) is 0 Å². The van der Waals surface area contributed by atoms with Crippen LogP contribution < -0.4 is 4.74 Å². The molecule has 0 atom stereocenters. The molecule has 3 nitrogen and oxygen atoms in total.